The van der Waals surface area contributed by atoms with Crippen LogP contribution in [-0.4, -0.2) is 24.0 Å². The van der Waals surface area contributed by atoms with E-state index in [1.165, 1.54) is 6.42 Å². The Morgan fingerprint density at radius 3 is 2.25 bits per heavy atom. The molecule has 0 spiro atoms. The summed E-state index contributed by atoms with van der Waals surface area (Å²) in [5.74, 6) is 1.22. The maximum absolute atomic E-state index is 13.2. The molecule has 1 fully saturated rings. The van der Waals surface area contributed by atoms with Crippen molar-refractivity contribution in [3.05, 3.63) is 35.6 Å². The smallest absolute Gasteiger partial charge is 0.123 e. The molecule has 0 aliphatic carbocycles. The molecule has 1 aromatic rings. The summed E-state index contributed by atoms with van der Waals surface area (Å²) in [6, 6.07) is 7.16. The Morgan fingerprint density at radius 2 is 1.75 bits per heavy atom. The lowest BCUT2D eigenvalue weighted by atomic mass is 9.87. The Morgan fingerprint density at radius 1 is 1.20 bits per heavy atom. The van der Waals surface area contributed by atoms with Gasteiger partial charge in [0, 0.05) is 25.2 Å². The van der Waals surface area contributed by atoms with Crippen molar-refractivity contribution < 1.29 is 4.39 Å². The number of benzene rings is 1. The van der Waals surface area contributed by atoms with E-state index in [0.717, 1.165) is 25.1 Å². The maximum atomic E-state index is 13.2. The Hall–Kier alpha value is -0.930. The number of piperidine rings is 1. The molecule has 1 heterocycles. The first-order chi connectivity index (χ1) is 9.51. The number of likely N-dealkylation sites (tertiary alicyclic amines) is 1. The summed E-state index contributed by atoms with van der Waals surface area (Å²) in [5.41, 5.74) is 7.51. The summed E-state index contributed by atoms with van der Waals surface area (Å²) < 4.78 is 13.2. The van der Waals surface area contributed by atoms with Crippen LogP contribution in [0, 0.1) is 17.7 Å². The van der Waals surface area contributed by atoms with Gasteiger partial charge in [0.25, 0.3) is 0 Å². The molecule has 1 saturated heterocycles. The molecule has 2 rings (SSSR count). The van der Waals surface area contributed by atoms with Crippen molar-refractivity contribution in [2.24, 2.45) is 17.6 Å². The second-order valence-electron chi connectivity index (χ2n) is 6.47. The molecular formula is C17H27FN2. The van der Waals surface area contributed by atoms with Crippen LogP contribution in [0.25, 0.3) is 0 Å². The van der Waals surface area contributed by atoms with E-state index in [4.69, 9.17) is 5.73 Å². The first kappa shape index (κ1) is 15.5. The van der Waals surface area contributed by atoms with Gasteiger partial charge in [0.2, 0.25) is 0 Å². The van der Waals surface area contributed by atoms with Crippen LogP contribution in [0.15, 0.2) is 24.3 Å². The van der Waals surface area contributed by atoms with Crippen LogP contribution in [0.5, 0.6) is 0 Å². The summed E-state index contributed by atoms with van der Waals surface area (Å²) in [6.45, 7) is 8.90. The van der Waals surface area contributed by atoms with E-state index < -0.39 is 0 Å². The van der Waals surface area contributed by atoms with Gasteiger partial charge >= 0.3 is 0 Å². The number of hydrogen-bond donors (Lipinski definition) is 1. The Kier molecular flexibility index (Phi) is 5.17. The highest BCUT2D eigenvalue weighted by atomic mass is 19.1. The summed E-state index contributed by atoms with van der Waals surface area (Å²) in [6.07, 6.45) is 2.22. The van der Waals surface area contributed by atoms with Crippen LogP contribution in [0.4, 0.5) is 4.39 Å². The molecule has 0 saturated carbocycles. The molecule has 1 aliphatic rings. The predicted octanol–water partition coefficient (Wildman–Crippen LogP) is 3.58. The van der Waals surface area contributed by atoms with Crippen molar-refractivity contribution in [1.29, 1.82) is 0 Å². The fourth-order valence-corrected chi connectivity index (χ4v) is 3.55. The van der Waals surface area contributed by atoms with Crippen LogP contribution in [0.1, 0.15) is 45.2 Å². The van der Waals surface area contributed by atoms with E-state index >= 15 is 0 Å². The zero-order chi connectivity index (χ0) is 14.7. The van der Waals surface area contributed by atoms with E-state index in [0.29, 0.717) is 11.8 Å². The molecule has 1 aliphatic heterocycles. The lowest BCUT2D eigenvalue weighted by Crippen LogP contribution is -2.47. The highest BCUT2D eigenvalue weighted by molar-refractivity contribution is 5.22. The summed E-state index contributed by atoms with van der Waals surface area (Å²) in [5, 5.41) is 0. The summed E-state index contributed by atoms with van der Waals surface area (Å²) in [7, 11) is 0. The Balaban J connectivity index is 2.25. The molecule has 2 N–H and O–H groups in total. The fourth-order valence-electron chi connectivity index (χ4n) is 3.55. The van der Waals surface area contributed by atoms with Crippen molar-refractivity contribution in [3.63, 3.8) is 0 Å². The molecule has 112 valence electrons. The fraction of sp³-hybridized carbons (Fsp3) is 0.647. The van der Waals surface area contributed by atoms with Gasteiger partial charge in [-0.05, 0) is 42.4 Å². The highest BCUT2D eigenvalue weighted by Gasteiger charge is 2.31. The minimum atomic E-state index is -0.182. The SMILES string of the molecule is CCC(N)C(c1ccc(F)cc1)N1CC(C)CC(C)C1. The number of nitrogens with two attached hydrogens (primary N) is 1. The third-order valence-corrected chi connectivity index (χ3v) is 4.38. The largest absolute Gasteiger partial charge is 0.326 e. The van der Waals surface area contributed by atoms with E-state index in [1.54, 1.807) is 12.1 Å². The van der Waals surface area contributed by atoms with Crippen molar-refractivity contribution >= 4 is 0 Å². The number of nitrogens with zero attached hydrogens (tertiary/aromatic N) is 1. The van der Waals surface area contributed by atoms with Gasteiger partial charge in [-0.25, -0.2) is 4.39 Å². The Labute approximate surface area is 122 Å². The minimum Gasteiger partial charge on any atom is -0.326 e. The van der Waals surface area contributed by atoms with Gasteiger partial charge in [0.1, 0.15) is 5.82 Å². The maximum Gasteiger partial charge on any atom is 0.123 e. The highest BCUT2D eigenvalue weighted by Crippen LogP contribution is 2.31. The molecule has 0 amide bonds. The van der Waals surface area contributed by atoms with Gasteiger partial charge in [0.05, 0.1) is 0 Å². The molecule has 0 radical (unpaired) electrons. The molecule has 20 heavy (non-hydrogen) atoms. The van der Waals surface area contributed by atoms with Crippen LogP contribution in [-0.2, 0) is 0 Å². The first-order valence-corrected chi connectivity index (χ1v) is 7.76. The zero-order valence-electron chi connectivity index (χ0n) is 12.8. The third kappa shape index (κ3) is 3.58. The molecule has 2 nitrogen and oxygen atoms in total. The molecule has 4 atom stereocenters. The molecule has 1 aromatic carbocycles. The van der Waals surface area contributed by atoms with Gasteiger partial charge in [-0.3, -0.25) is 4.90 Å². The lowest BCUT2D eigenvalue weighted by Gasteiger charge is -2.42. The second-order valence-corrected chi connectivity index (χ2v) is 6.47. The van der Waals surface area contributed by atoms with Crippen molar-refractivity contribution in [2.45, 2.75) is 45.7 Å². The van der Waals surface area contributed by atoms with Gasteiger partial charge < -0.3 is 5.73 Å². The molecule has 3 heteroatoms. The average molecular weight is 278 g/mol. The van der Waals surface area contributed by atoms with Crippen molar-refractivity contribution in [3.8, 4) is 0 Å². The zero-order valence-corrected chi connectivity index (χ0v) is 12.8. The van der Waals surface area contributed by atoms with Crippen molar-refractivity contribution in [2.75, 3.05) is 13.1 Å². The second kappa shape index (κ2) is 6.68. The van der Waals surface area contributed by atoms with Gasteiger partial charge in [-0.1, -0.05) is 32.9 Å². The van der Waals surface area contributed by atoms with Crippen LogP contribution >= 0.6 is 0 Å². The molecular weight excluding hydrogens is 251 g/mol. The minimum absolute atomic E-state index is 0.0953. The molecule has 0 aromatic heterocycles. The lowest BCUT2D eigenvalue weighted by molar-refractivity contribution is 0.0810. The summed E-state index contributed by atoms with van der Waals surface area (Å²) in [4.78, 5) is 2.50. The molecule has 0 bridgehead atoms. The quantitative estimate of drug-likeness (QED) is 0.912. The van der Waals surface area contributed by atoms with Gasteiger partial charge in [-0.15, -0.1) is 0 Å². The normalized spacial score (nSPS) is 27.2. The van der Waals surface area contributed by atoms with E-state index in [9.17, 15) is 4.39 Å². The van der Waals surface area contributed by atoms with Crippen molar-refractivity contribution in [1.82, 2.24) is 4.90 Å². The predicted molar refractivity (Wildman–Crippen MR) is 81.9 cm³/mol. The van der Waals surface area contributed by atoms with Gasteiger partial charge in [0.15, 0.2) is 0 Å². The standard InChI is InChI=1S/C17H27FN2/c1-4-16(19)17(14-5-7-15(18)8-6-14)20-10-12(2)9-13(3)11-20/h5-8,12-13,16-17H,4,9-11,19H2,1-3H3. The van der Waals surface area contributed by atoms with E-state index in [2.05, 4.69) is 25.7 Å². The Bertz CT molecular complexity index is 408. The van der Waals surface area contributed by atoms with Crippen LogP contribution < -0.4 is 5.73 Å². The monoisotopic (exact) mass is 278 g/mol. The number of halogens is 1. The summed E-state index contributed by atoms with van der Waals surface area (Å²) >= 11 is 0. The average Bonchev–Trinajstić information content (AvgIpc) is 2.40. The number of rotatable bonds is 4. The number of hydrogen-bond acceptors (Lipinski definition) is 2. The van der Waals surface area contributed by atoms with Crippen LogP contribution in [0.3, 0.4) is 0 Å². The first-order valence-electron chi connectivity index (χ1n) is 7.76. The van der Waals surface area contributed by atoms with Crippen LogP contribution in [0.2, 0.25) is 0 Å². The molecule has 4 unspecified atom stereocenters. The van der Waals surface area contributed by atoms with Gasteiger partial charge in [-0.2, -0.15) is 0 Å². The van der Waals surface area contributed by atoms with E-state index in [1.807, 2.05) is 12.1 Å². The topological polar surface area (TPSA) is 29.3 Å². The van der Waals surface area contributed by atoms with E-state index in [-0.39, 0.29) is 17.9 Å². The third-order valence-electron chi connectivity index (χ3n) is 4.38.